The Morgan fingerprint density at radius 2 is 1.88 bits per heavy atom. The van der Waals surface area contributed by atoms with Gasteiger partial charge >= 0.3 is 5.97 Å². The molecule has 0 amide bonds. The van der Waals surface area contributed by atoms with E-state index in [1.807, 2.05) is 37.3 Å². The molecule has 0 bridgehead atoms. The number of ether oxygens (including phenoxy) is 1. The first-order chi connectivity index (χ1) is 12.4. The quantitative estimate of drug-likeness (QED) is 0.603. The highest BCUT2D eigenvalue weighted by atomic mass is 32.2. The van der Waals surface area contributed by atoms with Crippen molar-refractivity contribution in [3.05, 3.63) is 54.9 Å². The summed E-state index contributed by atoms with van der Waals surface area (Å²) in [4.78, 5) is 16.6. The van der Waals surface area contributed by atoms with Crippen LogP contribution >= 0.6 is 11.8 Å². The van der Waals surface area contributed by atoms with E-state index in [-0.39, 0.29) is 0 Å². The van der Waals surface area contributed by atoms with Gasteiger partial charge in [-0.15, -0.1) is 11.8 Å². The van der Waals surface area contributed by atoms with Crippen LogP contribution in [0.25, 0.3) is 21.9 Å². The third-order valence-electron chi connectivity index (χ3n) is 4.09. The maximum Gasteiger partial charge on any atom is 0.319 e. The number of pyridine rings is 1. The molecular weight excluding hydrogens is 346 g/mol. The van der Waals surface area contributed by atoms with Crippen LogP contribution < -0.4 is 4.74 Å². The highest BCUT2D eigenvalue weighted by molar-refractivity contribution is 8.01. The average molecular weight is 367 g/mol. The first-order valence-electron chi connectivity index (χ1n) is 8.44. The Morgan fingerprint density at radius 3 is 2.62 bits per heavy atom. The van der Waals surface area contributed by atoms with E-state index in [2.05, 4.69) is 17.1 Å². The minimum absolute atomic E-state index is 0.638. The number of hydrogen-bond acceptors (Lipinski definition) is 4. The van der Waals surface area contributed by atoms with Crippen molar-refractivity contribution < 1.29 is 14.6 Å². The van der Waals surface area contributed by atoms with Crippen molar-refractivity contribution in [2.75, 3.05) is 6.61 Å². The van der Waals surface area contributed by atoms with Gasteiger partial charge in [-0.2, -0.15) is 0 Å². The number of fused-ring (bicyclic) bond motifs is 1. The molecule has 0 spiro atoms. The molecule has 0 unspecified atom stereocenters. The number of aliphatic carboxylic acids is 1. The lowest BCUT2D eigenvalue weighted by molar-refractivity contribution is -0.138. The molecule has 26 heavy (non-hydrogen) atoms. The summed E-state index contributed by atoms with van der Waals surface area (Å²) in [5, 5.41) is 11.6. The van der Waals surface area contributed by atoms with Crippen LogP contribution in [0.3, 0.4) is 0 Å². The number of nitrogens with zero attached hydrogens (tertiary/aromatic N) is 1. The molecule has 2 aromatic carbocycles. The van der Waals surface area contributed by atoms with E-state index in [9.17, 15) is 9.90 Å². The molecular formula is C21H21NO3S. The minimum atomic E-state index is -0.917. The Labute approximate surface area is 157 Å². The molecule has 0 saturated heterocycles. The van der Waals surface area contributed by atoms with E-state index < -0.39 is 10.7 Å². The van der Waals surface area contributed by atoms with Crippen LogP contribution in [0.4, 0.5) is 0 Å². The highest BCUT2D eigenvalue weighted by Crippen LogP contribution is 2.39. The number of carbonyl (C=O) groups is 1. The normalized spacial score (nSPS) is 11.5. The Morgan fingerprint density at radius 1 is 1.15 bits per heavy atom. The summed E-state index contributed by atoms with van der Waals surface area (Å²) in [6, 6.07) is 14.1. The van der Waals surface area contributed by atoms with Gasteiger partial charge in [-0.1, -0.05) is 18.2 Å². The molecule has 0 saturated carbocycles. The maximum atomic E-state index is 11.5. The van der Waals surface area contributed by atoms with Crippen molar-refractivity contribution in [3.63, 3.8) is 0 Å². The first kappa shape index (κ1) is 18.3. The second-order valence-electron chi connectivity index (χ2n) is 6.45. The second-order valence-corrected chi connectivity index (χ2v) is 8.11. The van der Waals surface area contributed by atoms with Crippen LogP contribution in [-0.2, 0) is 4.79 Å². The molecule has 0 radical (unpaired) electrons. The van der Waals surface area contributed by atoms with Crippen LogP contribution in [0, 0.1) is 0 Å². The predicted octanol–water partition coefficient (Wildman–Crippen LogP) is 5.26. The number of benzene rings is 2. The van der Waals surface area contributed by atoms with Crippen LogP contribution in [0.2, 0.25) is 0 Å². The monoisotopic (exact) mass is 367 g/mol. The number of rotatable bonds is 6. The Balaban J connectivity index is 2.01. The van der Waals surface area contributed by atoms with Gasteiger partial charge in [0.15, 0.2) is 0 Å². The van der Waals surface area contributed by atoms with Gasteiger partial charge in [0.1, 0.15) is 10.5 Å². The Kier molecular flexibility index (Phi) is 5.18. The molecule has 0 aliphatic heterocycles. The third kappa shape index (κ3) is 3.83. The van der Waals surface area contributed by atoms with Gasteiger partial charge in [-0.05, 0) is 61.4 Å². The second kappa shape index (κ2) is 7.38. The fourth-order valence-electron chi connectivity index (χ4n) is 2.65. The standard InChI is InChI=1S/C21H21NO3S/c1-4-25-17-8-7-14-11-16(6-5-15(14)12-17)18-13-22-10-9-19(18)26-21(2,3)20(23)24/h5-13H,4H2,1-3H3,(H,23,24). The minimum Gasteiger partial charge on any atom is -0.494 e. The predicted molar refractivity (Wildman–Crippen MR) is 106 cm³/mol. The van der Waals surface area contributed by atoms with E-state index in [0.717, 1.165) is 32.5 Å². The van der Waals surface area contributed by atoms with Gasteiger partial charge in [-0.25, -0.2) is 0 Å². The Bertz CT molecular complexity index is 953. The smallest absolute Gasteiger partial charge is 0.319 e. The summed E-state index contributed by atoms with van der Waals surface area (Å²) in [6.45, 7) is 6.02. The van der Waals surface area contributed by atoms with Crippen molar-refractivity contribution in [1.82, 2.24) is 4.98 Å². The number of thioether (sulfide) groups is 1. The number of hydrogen-bond donors (Lipinski definition) is 1. The number of aromatic nitrogens is 1. The van der Waals surface area contributed by atoms with Gasteiger partial charge in [-0.3, -0.25) is 9.78 Å². The number of carboxylic acids is 1. The van der Waals surface area contributed by atoms with Gasteiger partial charge in [0.2, 0.25) is 0 Å². The first-order valence-corrected chi connectivity index (χ1v) is 9.26. The van der Waals surface area contributed by atoms with Gasteiger partial charge < -0.3 is 9.84 Å². The summed E-state index contributed by atoms with van der Waals surface area (Å²) in [7, 11) is 0. The summed E-state index contributed by atoms with van der Waals surface area (Å²) < 4.78 is 4.64. The van der Waals surface area contributed by atoms with E-state index in [1.54, 1.807) is 26.2 Å². The molecule has 4 nitrogen and oxygen atoms in total. The molecule has 134 valence electrons. The zero-order chi connectivity index (χ0) is 18.7. The van der Waals surface area contributed by atoms with Crippen molar-refractivity contribution in [3.8, 4) is 16.9 Å². The van der Waals surface area contributed by atoms with Gasteiger partial charge in [0.05, 0.1) is 6.61 Å². The van der Waals surface area contributed by atoms with Crippen LogP contribution in [-0.4, -0.2) is 27.4 Å². The van der Waals surface area contributed by atoms with Crippen molar-refractivity contribution in [2.24, 2.45) is 0 Å². The summed E-state index contributed by atoms with van der Waals surface area (Å²) >= 11 is 1.33. The average Bonchev–Trinajstić information content (AvgIpc) is 2.61. The van der Waals surface area contributed by atoms with Crippen LogP contribution in [0.1, 0.15) is 20.8 Å². The van der Waals surface area contributed by atoms with Crippen LogP contribution in [0.5, 0.6) is 5.75 Å². The van der Waals surface area contributed by atoms with E-state index in [4.69, 9.17) is 4.74 Å². The van der Waals surface area contributed by atoms with Gasteiger partial charge in [0.25, 0.3) is 0 Å². The molecule has 1 aromatic heterocycles. The number of carboxylic acid groups (broad SMARTS) is 1. The molecule has 0 atom stereocenters. The molecule has 1 heterocycles. The van der Waals surface area contributed by atoms with E-state index >= 15 is 0 Å². The molecule has 0 fully saturated rings. The molecule has 0 aliphatic carbocycles. The SMILES string of the molecule is CCOc1ccc2cc(-c3cnccc3SC(C)(C)C(=O)O)ccc2c1. The highest BCUT2D eigenvalue weighted by Gasteiger charge is 2.29. The lowest BCUT2D eigenvalue weighted by atomic mass is 10.0. The zero-order valence-corrected chi connectivity index (χ0v) is 15.8. The lowest BCUT2D eigenvalue weighted by Gasteiger charge is -2.20. The van der Waals surface area contributed by atoms with Crippen molar-refractivity contribution in [1.29, 1.82) is 0 Å². The van der Waals surface area contributed by atoms with Crippen molar-refractivity contribution >= 4 is 28.5 Å². The molecule has 1 N–H and O–H groups in total. The van der Waals surface area contributed by atoms with E-state index in [1.165, 1.54) is 11.8 Å². The lowest BCUT2D eigenvalue weighted by Crippen LogP contribution is -2.27. The summed E-state index contributed by atoms with van der Waals surface area (Å²) in [5.41, 5.74) is 1.95. The maximum absolute atomic E-state index is 11.5. The van der Waals surface area contributed by atoms with Crippen LogP contribution in [0.15, 0.2) is 59.8 Å². The molecule has 5 heteroatoms. The fourth-order valence-corrected chi connectivity index (χ4v) is 3.70. The molecule has 3 rings (SSSR count). The van der Waals surface area contributed by atoms with Gasteiger partial charge in [0, 0.05) is 22.9 Å². The zero-order valence-electron chi connectivity index (χ0n) is 15.0. The largest absolute Gasteiger partial charge is 0.494 e. The molecule has 0 aliphatic rings. The van der Waals surface area contributed by atoms with E-state index in [0.29, 0.717) is 6.61 Å². The summed E-state index contributed by atoms with van der Waals surface area (Å²) in [5.74, 6) is 0.0146. The molecule has 3 aromatic rings. The van der Waals surface area contributed by atoms with Crippen molar-refractivity contribution in [2.45, 2.75) is 30.4 Å². The Hall–Kier alpha value is -2.53. The summed E-state index contributed by atoms with van der Waals surface area (Å²) in [6.07, 6.45) is 3.48. The third-order valence-corrected chi connectivity index (χ3v) is 5.36. The topological polar surface area (TPSA) is 59.4 Å². The fraction of sp³-hybridized carbons (Fsp3) is 0.238.